The van der Waals surface area contributed by atoms with Crippen LogP contribution in [0.5, 0.6) is 5.75 Å². The van der Waals surface area contributed by atoms with Crippen molar-refractivity contribution in [2.24, 2.45) is 0 Å². The quantitative estimate of drug-likeness (QED) is 0.866. The number of aryl methyl sites for hydroxylation is 2. The molecule has 1 aromatic carbocycles. The molecule has 3 rings (SSSR count). The van der Waals surface area contributed by atoms with Gasteiger partial charge in [-0.15, -0.1) is 0 Å². The third-order valence-corrected chi connectivity index (χ3v) is 5.10. The molecule has 1 unspecified atom stereocenters. The van der Waals surface area contributed by atoms with Crippen molar-refractivity contribution in [1.82, 2.24) is 9.88 Å². The fourth-order valence-electron chi connectivity index (χ4n) is 3.65. The van der Waals surface area contributed by atoms with E-state index < -0.39 is 0 Å². The largest absolute Gasteiger partial charge is 0.496 e. The number of aromatic nitrogens is 1. The molecule has 5 nitrogen and oxygen atoms in total. The standard InChI is InChI=1S/C20H28N2O3/c1-14-12-16(7-8-19(14)24-3)20-21-18(15(2)25-20)13-22-10-5-4-6-17(22)9-11-23/h7-8,12,17,23H,4-6,9-11,13H2,1-3H3. The molecule has 1 aromatic heterocycles. The van der Waals surface area contributed by atoms with E-state index in [4.69, 9.17) is 14.1 Å². The predicted molar refractivity (Wildman–Crippen MR) is 97.7 cm³/mol. The first-order chi connectivity index (χ1) is 12.1. The lowest BCUT2D eigenvalue weighted by Crippen LogP contribution is -2.39. The summed E-state index contributed by atoms with van der Waals surface area (Å²) in [5, 5.41) is 9.31. The van der Waals surface area contributed by atoms with Crippen LogP contribution in [0.15, 0.2) is 22.6 Å². The molecule has 1 saturated heterocycles. The number of aliphatic hydroxyl groups excluding tert-OH is 1. The first kappa shape index (κ1) is 18.0. The van der Waals surface area contributed by atoms with Crippen LogP contribution in [0.2, 0.25) is 0 Å². The molecule has 2 heterocycles. The van der Waals surface area contributed by atoms with Crippen molar-refractivity contribution in [2.75, 3.05) is 20.3 Å². The first-order valence-electron chi connectivity index (χ1n) is 9.08. The normalized spacial score (nSPS) is 18.5. The van der Waals surface area contributed by atoms with Crippen LogP contribution in [0.3, 0.4) is 0 Å². The van der Waals surface area contributed by atoms with E-state index in [0.29, 0.717) is 11.9 Å². The smallest absolute Gasteiger partial charge is 0.226 e. The third-order valence-electron chi connectivity index (χ3n) is 5.10. The highest BCUT2D eigenvalue weighted by Gasteiger charge is 2.24. The van der Waals surface area contributed by atoms with Gasteiger partial charge in [-0.3, -0.25) is 4.90 Å². The second kappa shape index (κ2) is 8.02. The van der Waals surface area contributed by atoms with E-state index in [1.807, 2.05) is 32.0 Å². The Morgan fingerprint density at radius 3 is 2.88 bits per heavy atom. The van der Waals surface area contributed by atoms with Gasteiger partial charge in [0.1, 0.15) is 11.5 Å². The average molecular weight is 344 g/mol. The number of hydrogen-bond acceptors (Lipinski definition) is 5. The predicted octanol–water partition coefficient (Wildman–Crippen LogP) is 3.70. The molecule has 0 aliphatic carbocycles. The highest BCUT2D eigenvalue weighted by Crippen LogP contribution is 2.28. The van der Waals surface area contributed by atoms with Gasteiger partial charge >= 0.3 is 0 Å². The van der Waals surface area contributed by atoms with Gasteiger partial charge in [-0.1, -0.05) is 6.42 Å². The van der Waals surface area contributed by atoms with Gasteiger partial charge in [0.15, 0.2) is 0 Å². The molecule has 1 N–H and O–H groups in total. The van der Waals surface area contributed by atoms with Crippen molar-refractivity contribution >= 4 is 0 Å². The Bertz CT molecular complexity index is 709. The Labute approximate surface area is 149 Å². The molecule has 0 amide bonds. The highest BCUT2D eigenvalue weighted by molar-refractivity contribution is 5.57. The molecule has 2 aromatic rings. The van der Waals surface area contributed by atoms with Crippen LogP contribution in [0.4, 0.5) is 0 Å². The molecule has 25 heavy (non-hydrogen) atoms. The van der Waals surface area contributed by atoms with Crippen LogP contribution < -0.4 is 4.74 Å². The molecule has 0 saturated carbocycles. The fourth-order valence-corrected chi connectivity index (χ4v) is 3.65. The second-order valence-electron chi connectivity index (χ2n) is 6.84. The summed E-state index contributed by atoms with van der Waals surface area (Å²) < 4.78 is 11.3. The summed E-state index contributed by atoms with van der Waals surface area (Å²) in [5.74, 6) is 2.40. The Kier molecular flexibility index (Phi) is 5.76. The van der Waals surface area contributed by atoms with E-state index in [2.05, 4.69) is 4.90 Å². The number of methoxy groups -OCH3 is 1. The Morgan fingerprint density at radius 1 is 1.32 bits per heavy atom. The van der Waals surface area contributed by atoms with Crippen molar-refractivity contribution in [3.05, 3.63) is 35.2 Å². The molecule has 0 radical (unpaired) electrons. The SMILES string of the molecule is COc1ccc(-c2nc(CN3CCCCC3CCO)c(C)o2)cc1C. The zero-order chi connectivity index (χ0) is 17.8. The molecular formula is C20H28N2O3. The summed E-state index contributed by atoms with van der Waals surface area (Å²) in [5.41, 5.74) is 3.03. The van der Waals surface area contributed by atoms with Gasteiger partial charge in [0, 0.05) is 24.8 Å². The molecule has 1 atom stereocenters. The van der Waals surface area contributed by atoms with Gasteiger partial charge in [0.2, 0.25) is 5.89 Å². The minimum atomic E-state index is 0.245. The van der Waals surface area contributed by atoms with Crippen molar-refractivity contribution in [1.29, 1.82) is 0 Å². The van der Waals surface area contributed by atoms with Crippen LogP contribution in [0.25, 0.3) is 11.5 Å². The topological polar surface area (TPSA) is 58.7 Å². The number of aliphatic hydroxyl groups is 1. The number of benzene rings is 1. The van der Waals surface area contributed by atoms with Gasteiger partial charge in [-0.05, 0) is 63.4 Å². The lowest BCUT2D eigenvalue weighted by atomic mass is 9.99. The number of nitrogens with zero attached hydrogens (tertiary/aromatic N) is 2. The molecule has 136 valence electrons. The molecule has 0 spiro atoms. The summed E-state index contributed by atoms with van der Waals surface area (Å²) in [7, 11) is 1.68. The number of hydrogen-bond donors (Lipinski definition) is 1. The van der Waals surface area contributed by atoms with Gasteiger partial charge in [0.25, 0.3) is 0 Å². The molecule has 1 aliphatic heterocycles. The lowest BCUT2D eigenvalue weighted by molar-refractivity contribution is 0.111. The van der Waals surface area contributed by atoms with Crippen LogP contribution in [-0.2, 0) is 6.54 Å². The van der Waals surface area contributed by atoms with Gasteiger partial charge in [0.05, 0.1) is 12.8 Å². The minimum Gasteiger partial charge on any atom is -0.496 e. The summed E-state index contributed by atoms with van der Waals surface area (Å²) in [6, 6.07) is 6.42. The maximum absolute atomic E-state index is 9.31. The second-order valence-corrected chi connectivity index (χ2v) is 6.84. The van der Waals surface area contributed by atoms with Crippen LogP contribution in [0, 0.1) is 13.8 Å². The molecule has 5 heteroatoms. The number of rotatable bonds is 6. The number of piperidine rings is 1. The summed E-state index contributed by atoms with van der Waals surface area (Å²) in [6.45, 7) is 6.10. The van der Waals surface area contributed by atoms with E-state index >= 15 is 0 Å². The lowest BCUT2D eigenvalue weighted by Gasteiger charge is -2.35. The van der Waals surface area contributed by atoms with Crippen molar-refractivity contribution in [3.8, 4) is 17.2 Å². The molecule has 0 bridgehead atoms. The maximum Gasteiger partial charge on any atom is 0.226 e. The van der Waals surface area contributed by atoms with E-state index in [9.17, 15) is 5.11 Å². The van der Waals surface area contributed by atoms with Crippen molar-refractivity contribution in [2.45, 2.75) is 52.1 Å². The molecule has 1 aliphatic rings. The van der Waals surface area contributed by atoms with Gasteiger partial charge in [-0.25, -0.2) is 4.98 Å². The Balaban J connectivity index is 1.79. The van der Waals surface area contributed by atoms with Crippen molar-refractivity contribution < 1.29 is 14.3 Å². The van der Waals surface area contributed by atoms with Crippen LogP contribution in [-0.4, -0.2) is 41.3 Å². The van der Waals surface area contributed by atoms with E-state index in [1.165, 1.54) is 12.8 Å². The fraction of sp³-hybridized carbons (Fsp3) is 0.550. The third kappa shape index (κ3) is 4.05. The zero-order valence-corrected chi connectivity index (χ0v) is 15.4. The van der Waals surface area contributed by atoms with Crippen LogP contribution in [0.1, 0.15) is 42.7 Å². The first-order valence-corrected chi connectivity index (χ1v) is 9.08. The van der Waals surface area contributed by atoms with E-state index in [1.54, 1.807) is 7.11 Å². The van der Waals surface area contributed by atoms with Gasteiger partial charge < -0.3 is 14.3 Å². The van der Waals surface area contributed by atoms with E-state index in [-0.39, 0.29) is 6.61 Å². The molecule has 1 fully saturated rings. The molecular weight excluding hydrogens is 316 g/mol. The highest BCUT2D eigenvalue weighted by atomic mass is 16.5. The summed E-state index contributed by atoms with van der Waals surface area (Å²) in [6.07, 6.45) is 4.45. The number of oxazole rings is 1. The number of likely N-dealkylation sites (tertiary alicyclic amines) is 1. The van der Waals surface area contributed by atoms with Crippen LogP contribution >= 0.6 is 0 Å². The average Bonchev–Trinajstić information content (AvgIpc) is 2.97. The Morgan fingerprint density at radius 2 is 2.16 bits per heavy atom. The van der Waals surface area contributed by atoms with Gasteiger partial charge in [-0.2, -0.15) is 0 Å². The van der Waals surface area contributed by atoms with E-state index in [0.717, 1.165) is 54.3 Å². The minimum absolute atomic E-state index is 0.245. The van der Waals surface area contributed by atoms with Crippen molar-refractivity contribution in [3.63, 3.8) is 0 Å². The summed E-state index contributed by atoms with van der Waals surface area (Å²) in [4.78, 5) is 7.19. The maximum atomic E-state index is 9.31. The zero-order valence-electron chi connectivity index (χ0n) is 15.4. The number of ether oxygens (including phenoxy) is 1. The Hall–Kier alpha value is -1.85. The monoisotopic (exact) mass is 344 g/mol. The summed E-state index contributed by atoms with van der Waals surface area (Å²) >= 11 is 0.